The first-order valence-corrected chi connectivity index (χ1v) is 7.63. The molecule has 1 heterocycles. The third-order valence-electron chi connectivity index (χ3n) is 3.36. The van der Waals surface area contributed by atoms with Crippen molar-refractivity contribution in [2.45, 2.75) is 66.5 Å². The molecule has 2 N–H and O–H groups in total. The maximum absolute atomic E-state index is 5.86. The molecule has 0 aliphatic rings. The zero-order valence-corrected chi connectivity index (χ0v) is 14.2. The van der Waals surface area contributed by atoms with Crippen LogP contribution in [0.15, 0.2) is 12.1 Å². The largest absolute Gasteiger partial charge is 0.354 e. The molecule has 0 radical (unpaired) electrons. The molecule has 0 aromatic carbocycles. The monoisotopic (exact) mass is 277 g/mol. The Morgan fingerprint density at radius 3 is 2.15 bits per heavy atom. The first kappa shape index (κ1) is 17.0. The zero-order valence-electron chi connectivity index (χ0n) is 14.2. The lowest BCUT2D eigenvalue weighted by molar-refractivity contribution is 0.547. The zero-order chi connectivity index (χ0) is 15.5. The molecule has 20 heavy (non-hydrogen) atoms. The van der Waals surface area contributed by atoms with Gasteiger partial charge >= 0.3 is 0 Å². The molecule has 3 heteroatoms. The van der Waals surface area contributed by atoms with Crippen LogP contribution in [-0.2, 0) is 12.0 Å². The van der Waals surface area contributed by atoms with Crippen LogP contribution in [0.5, 0.6) is 0 Å². The summed E-state index contributed by atoms with van der Waals surface area (Å²) in [6, 6.07) is 4.71. The molecule has 0 fully saturated rings. The predicted octanol–water partition coefficient (Wildman–Crippen LogP) is 3.71. The van der Waals surface area contributed by atoms with Crippen molar-refractivity contribution in [3.05, 3.63) is 23.4 Å². The SMILES string of the molecule is CC(C)CN(c1cc(CN)cc(C(C)(C)C)n1)C(C)C. The Labute approximate surface area is 124 Å². The van der Waals surface area contributed by atoms with E-state index in [-0.39, 0.29) is 5.41 Å². The Hall–Kier alpha value is -1.09. The molecule has 0 bridgehead atoms. The molecular weight excluding hydrogens is 246 g/mol. The van der Waals surface area contributed by atoms with Crippen molar-refractivity contribution in [2.75, 3.05) is 11.4 Å². The number of nitrogens with two attached hydrogens (primary N) is 1. The number of hydrogen-bond acceptors (Lipinski definition) is 3. The van der Waals surface area contributed by atoms with Gasteiger partial charge in [-0.05, 0) is 37.5 Å². The third kappa shape index (κ3) is 4.48. The minimum Gasteiger partial charge on any atom is -0.354 e. The summed E-state index contributed by atoms with van der Waals surface area (Å²) in [6.07, 6.45) is 0. The fraction of sp³-hybridized carbons (Fsp3) is 0.706. The van der Waals surface area contributed by atoms with E-state index < -0.39 is 0 Å². The van der Waals surface area contributed by atoms with Crippen LogP contribution in [0.1, 0.15) is 59.7 Å². The van der Waals surface area contributed by atoms with Crippen LogP contribution < -0.4 is 10.6 Å². The van der Waals surface area contributed by atoms with Crippen LogP contribution in [0.25, 0.3) is 0 Å². The predicted molar refractivity (Wildman–Crippen MR) is 88.1 cm³/mol. The smallest absolute Gasteiger partial charge is 0.129 e. The Bertz CT molecular complexity index is 430. The summed E-state index contributed by atoms with van der Waals surface area (Å²) in [7, 11) is 0. The minimum atomic E-state index is 0.0421. The maximum atomic E-state index is 5.86. The second kappa shape index (κ2) is 6.57. The van der Waals surface area contributed by atoms with Crippen molar-refractivity contribution in [3.63, 3.8) is 0 Å². The summed E-state index contributed by atoms with van der Waals surface area (Å²) in [5.41, 5.74) is 8.18. The van der Waals surface area contributed by atoms with Crippen molar-refractivity contribution in [1.82, 2.24) is 4.98 Å². The highest BCUT2D eigenvalue weighted by molar-refractivity contribution is 5.44. The van der Waals surface area contributed by atoms with E-state index in [4.69, 9.17) is 10.7 Å². The van der Waals surface area contributed by atoms with E-state index in [1.54, 1.807) is 0 Å². The molecule has 0 unspecified atom stereocenters. The van der Waals surface area contributed by atoms with Gasteiger partial charge in [-0.2, -0.15) is 0 Å². The molecular formula is C17H31N3. The van der Waals surface area contributed by atoms with Gasteiger partial charge in [0.15, 0.2) is 0 Å². The van der Waals surface area contributed by atoms with Gasteiger partial charge in [0.25, 0.3) is 0 Å². The molecule has 0 spiro atoms. The van der Waals surface area contributed by atoms with Gasteiger partial charge in [0.05, 0.1) is 0 Å². The molecule has 0 atom stereocenters. The van der Waals surface area contributed by atoms with Crippen LogP contribution in [0, 0.1) is 5.92 Å². The second-order valence-electron chi connectivity index (χ2n) is 7.31. The second-order valence-corrected chi connectivity index (χ2v) is 7.31. The summed E-state index contributed by atoms with van der Waals surface area (Å²) < 4.78 is 0. The van der Waals surface area contributed by atoms with Crippen LogP contribution >= 0.6 is 0 Å². The third-order valence-corrected chi connectivity index (χ3v) is 3.36. The first-order valence-electron chi connectivity index (χ1n) is 7.63. The van der Waals surface area contributed by atoms with E-state index >= 15 is 0 Å². The van der Waals surface area contributed by atoms with Gasteiger partial charge in [0.1, 0.15) is 5.82 Å². The van der Waals surface area contributed by atoms with Gasteiger partial charge in [-0.15, -0.1) is 0 Å². The van der Waals surface area contributed by atoms with Crippen LogP contribution in [0.2, 0.25) is 0 Å². The number of rotatable bonds is 5. The lowest BCUT2D eigenvalue weighted by atomic mass is 9.90. The highest BCUT2D eigenvalue weighted by Crippen LogP contribution is 2.26. The summed E-state index contributed by atoms with van der Waals surface area (Å²) in [5.74, 6) is 1.67. The van der Waals surface area contributed by atoms with Crippen LogP contribution in [0.3, 0.4) is 0 Å². The minimum absolute atomic E-state index is 0.0421. The van der Waals surface area contributed by atoms with E-state index in [1.165, 1.54) is 0 Å². The highest BCUT2D eigenvalue weighted by Gasteiger charge is 2.20. The van der Waals surface area contributed by atoms with Gasteiger partial charge in [-0.1, -0.05) is 34.6 Å². The number of hydrogen-bond donors (Lipinski definition) is 1. The average molecular weight is 277 g/mol. The number of anilines is 1. The topological polar surface area (TPSA) is 42.1 Å². The fourth-order valence-corrected chi connectivity index (χ4v) is 2.18. The highest BCUT2D eigenvalue weighted by atomic mass is 15.2. The quantitative estimate of drug-likeness (QED) is 0.892. The Balaban J connectivity index is 3.27. The molecule has 0 saturated heterocycles. The number of pyridine rings is 1. The molecule has 114 valence electrons. The molecule has 0 aliphatic carbocycles. The van der Waals surface area contributed by atoms with E-state index in [9.17, 15) is 0 Å². The van der Waals surface area contributed by atoms with Gasteiger partial charge in [0, 0.05) is 30.2 Å². The lowest BCUT2D eigenvalue weighted by Crippen LogP contribution is -2.35. The summed E-state index contributed by atoms with van der Waals surface area (Å²) in [4.78, 5) is 7.27. The average Bonchev–Trinajstić information content (AvgIpc) is 2.33. The van der Waals surface area contributed by atoms with Crippen molar-refractivity contribution in [1.29, 1.82) is 0 Å². The Morgan fingerprint density at radius 2 is 1.75 bits per heavy atom. The number of aromatic nitrogens is 1. The molecule has 1 aromatic heterocycles. The summed E-state index contributed by atoms with van der Waals surface area (Å²) >= 11 is 0. The van der Waals surface area contributed by atoms with E-state index in [0.29, 0.717) is 18.5 Å². The van der Waals surface area contributed by atoms with Crippen LogP contribution in [0.4, 0.5) is 5.82 Å². The van der Waals surface area contributed by atoms with Gasteiger partial charge in [-0.25, -0.2) is 4.98 Å². The normalized spacial score (nSPS) is 12.3. The van der Waals surface area contributed by atoms with E-state index in [0.717, 1.165) is 23.6 Å². The van der Waals surface area contributed by atoms with E-state index in [1.807, 2.05) is 0 Å². The molecule has 1 aromatic rings. The summed E-state index contributed by atoms with van der Waals surface area (Å²) in [5, 5.41) is 0. The van der Waals surface area contributed by atoms with Crippen LogP contribution in [-0.4, -0.2) is 17.6 Å². The van der Waals surface area contributed by atoms with Gasteiger partial charge in [0.2, 0.25) is 0 Å². The fourth-order valence-electron chi connectivity index (χ4n) is 2.18. The first-order chi connectivity index (χ1) is 9.15. The molecule has 3 nitrogen and oxygen atoms in total. The Morgan fingerprint density at radius 1 is 1.15 bits per heavy atom. The van der Waals surface area contributed by atoms with E-state index in [2.05, 4.69) is 65.5 Å². The van der Waals surface area contributed by atoms with Gasteiger partial charge in [-0.3, -0.25) is 0 Å². The Kier molecular flexibility index (Phi) is 5.58. The maximum Gasteiger partial charge on any atom is 0.129 e. The molecule has 1 rings (SSSR count). The molecule has 0 amide bonds. The summed E-state index contributed by atoms with van der Waals surface area (Å²) in [6.45, 7) is 17.1. The number of nitrogens with zero attached hydrogens (tertiary/aromatic N) is 2. The van der Waals surface area contributed by atoms with Crippen molar-refractivity contribution in [2.24, 2.45) is 11.7 Å². The van der Waals surface area contributed by atoms with Crippen molar-refractivity contribution < 1.29 is 0 Å². The van der Waals surface area contributed by atoms with Crippen molar-refractivity contribution >= 4 is 5.82 Å². The lowest BCUT2D eigenvalue weighted by Gasteiger charge is -2.31. The standard InChI is InChI=1S/C17H31N3/c1-12(2)11-20(13(3)4)16-9-14(10-18)8-15(19-16)17(5,6)7/h8-9,12-13H,10-11,18H2,1-7H3. The van der Waals surface area contributed by atoms with Gasteiger partial charge < -0.3 is 10.6 Å². The molecule has 0 aliphatic heterocycles. The van der Waals surface area contributed by atoms with Crippen molar-refractivity contribution in [3.8, 4) is 0 Å². The molecule has 0 saturated carbocycles.